The quantitative estimate of drug-likeness (QED) is 0.460. The summed E-state index contributed by atoms with van der Waals surface area (Å²) < 4.78 is 103. The van der Waals surface area contributed by atoms with Crippen molar-refractivity contribution in [3.8, 4) is 0 Å². The minimum absolute atomic E-state index is 0.00259. The molecule has 1 aliphatic rings. The number of halogens is 6. The number of aliphatic hydroxyl groups is 2. The molecule has 1 heterocycles. The Morgan fingerprint density at radius 2 is 1.61 bits per heavy atom. The lowest BCUT2D eigenvalue weighted by atomic mass is 9.92. The van der Waals surface area contributed by atoms with Crippen LogP contribution in [0.2, 0.25) is 0 Å². The van der Waals surface area contributed by atoms with E-state index in [-0.39, 0.29) is 29.1 Å². The molecule has 0 fully saturated rings. The van der Waals surface area contributed by atoms with Crippen molar-refractivity contribution in [2.24, 2.45) is 0 Å². The lowest BCUT2D eigenvalue weighted by molar-refractivity contribution is -0.376. The third-order valence-electron chi connectivity index (χ3n) is 6.08. The maximum atomic E-state index is 13.2. The summed E-state index contributed by atoms with van der Waals surface area (Å²) in [6.45, 7) is 1.27. The van der Waals surface area contributed by atoms with Gasteiger partial charge >= 0.3 is 12.4 Å². The number of carbonyl (C=O) groups excluding carboxylic acids is 2. The van der Waals surface area contributed by atoms with Gasteiger partial charge in [-0.1, -0.05) is 25.1 Å². The lowest BCUT2D eigenvalue weighted by Crippen LogP contribution is -2.53. The topological polar surface area (TPSA) is 124 Å². The zero-order chi connectivity index (χ0) is 28.8. The number of nitrogens with zero attached hydrogens (tertiary/aromatic N) is 1. The van der Waals surface area contributed by atoms with Crippen molar-refractivity contribution in [2.75, 3.05) is 11.6 Å². The number of benzene rings is 2. The predicted molar refractivity (Wildman–Crippen MR) is 120 cm³/mol. The van der Waals surface area contributed by atoms with Gasteiger partial charge in [0.25, 0.3) is 17.4 Å². The Balaban J connectivity index is 1.96. The van der Waals surface area contributed by atoms with Gasteiger partial charge < -0.3 is 20.4 Å². The number of alkyl halides is 6. The predicted octanol–water partition coefficient (Wildman–Crippen LogP) is 3.20. The average molecular weight is 568 g/mol. The highest BCUT2D eigenvalue weighted by molar-refractivity contribution is 7.90. The van der Waals surface area contributed by atoms with Crippen LogP contribution in [0.4, 0.5) is 32.0 Å². The Morgan fingerprint density at radius 1 is 1.05 bits per heavy atom. The van der Waals surface area contributed by atoms with Gasteiger partial charge in [-0.3, -0.25) is 9.59 Å². The van der Waals surface area contributed by atoms with E-state index in [0.29, 0.717) is 29.8 Å². The zero-order valence-corrected chi connectivity index (χ0v) is 20.6. The number of carbonyl (C=O) groups is 2. The summed E-state index contributed by atoms with van der Waals surface area (Å²) in [6.07, 6.45) is -12.7. The van der Waals surface area contributed by atoms with Gasteiger partial charge in [0.2, 0.25) is 0 Å². The Labute approximate surface area is 212 Å². The van der Waals surface area contributed by atoms with Crippen molar-refractivity contribution in [1.29, 1.82) is 0 Å². The van der Waals surface area contributed by atoms with E-state index < -0.39 is 57.3 Å². The highest BCUT2D eigenvalue weighted by Gasteiger charge is 2.71. The smallest absolute Gasteiger partial charge is 0.383 e. The van der Waals surface area contributed by atoms with E-state index in [9.17, 15) is 54.6 Å². The SMILES string of the molecule is CCC(O)C(=O)N1Cc2cc(S(C)(=O)=O)ccc2C1C(=O)Nc1ccc(C(O)(C(F)(F)F)C(F)(F)F)cc1. The fourth-order valence-electron chi connectivity index (χ4n) is 4.01. The van der Waals surface area contributed by atoms with Crippen molar-refractivity contribution in [2.45, 2.75) is 54.9 Å². The van der Waals surface area contributed by atoms with Gasteiger partial charge in [-0.2, -0.15) is 26.3 Å². The molecular weight excluding hydrogens is 546 g/mol. The zero-order valence-electron chi connectivity index (χ0n) is 19.8. The normalized spacial score (nSPS) is 17.2. The Morgan fingerprint density at radius 3 is 2.08 bits per heavy atom. The molecule has 0 spiro atoms. The van der Waals surface area contributed by atoms with Crippen molar-refractivity contribution >= 4 is 27.3 Å². The van der Waals surface area contributed by atoms with Crippen LogP contribution in [0.1, 0.15) is 36.1 Å². The molecule has 0 radical (unpaired) electrons. The molecule has 0 saturated carbocycles. The molecule has 15 heteroatoms. The second kappa shape index (κ2) is 9.85. The minimum Gasteiger partial charge on any atom is -0.383 e. The molecule has 2 amide bonds. The van der Waals surface area contributed by atoms with Crippen LogP contribution >= 0.6 is 0 Å². The molecular formula is C23H22F6N2O6S. The third-order valence-corrected chi connectivity index (χ3v) is 7.19. The first-order valence-corrected chi connectivity index (χ1v) is 12.8. The summed E-state index contributed by atoms with van der Waals surface area (Å²) in [7, 11) is -3.64. The van der Waals surface area contributed by atoms with E-state index in [1.165, 1.54) is 25.1 Å². The van der Waals surface area contributed by atoms with E-state index in [2.05, 4.69) is 5.32 Å². The van der Waals surface area contributed by atoms with Crippen LogP contribution < -0.4 is 5.32 Å². The van der Waals surface area contributed by atoms with Crippen LogP contribution in [0.3, 0.4) is 0 Å². The molecule has 3 rings (SSSR count). The standard InChI is InChI=1S/C23H22F6N2O6S/c1-3-17(32)20(34)31-11-12-10-15(38(2,36)37)8-9-16(12)18(31)19(33)30-14-6-4-13(5-7-14)21(35,22(24,25)26)23(27,28)29/h4-10,17-18,32,35H,3,11H2,1-2H3,(H,30,33). The van der Waals surface area contributed by atoms with Crippen LogP contribution in [0.25, 0.3) is 0 Å². The molecule has 3 N–H and O–H groups in total. The molecule has 208 valence electrons. The summed E-state index contributed by atoms with van der Waals surface area (Å²) in [4.78, 5) is 26.8. The first-order valence-electron chi connectivity index (χ1n) is 10.9. The number of aliphatic hydroxyl groups excluding tert-OH is 1. The second-order valence-electron chi connectivity index (χ2n) is 8.70. The molecule has 0 aliphatic carbocycles. The number of amides is 2. The van der Waals surface area contributed by atoms with Crippen molar-refractivity contribution in [1.82, 2.24) is 4.90 Å². The number of rotatable bonds is 6. The molecule has 0 saturated heterocycles. The number of hydrogen-bond acceptors (Lipinski definition) is 6. The monoisotopic (exact) mass is 568 g/mol. The van der Waals surface area contributed by atoms with E-state index in [4.69, 9.17) is 0 Å². The van der Waals surface area contributed by atoms with Crippen molar-refractivity contribution in [3.05, 3.63) is 59.2 Å². The van der Waals surface area contributed by atoms with E-state index in [1.54, 1.807) is 0 Å². The van der Waals surface area contributed by atoms with E-state index >= 15 is 0 Å². The van der Waals surface area contributed by atoms with Crippen LogP contribution in [-0.4, -0.2) is 60.1 Å². The average Bonchev–Trinajstić information content (AvgIpc) is 3.20. The van der Waals surface area contributed by atoms with Gasteiger partial charge in [0.05, 0.1) is 4.90 Å². The first-order chi connectivity index (χ1) is 17.3. The maximum absolute atomic E-state index is 13.2. The van der Waals surface area contributed by atoms with Crippen molar-refractivity contribution in [3.63, 3.8) is 0 Å². The molecule has 2 aromatic rings. The Kier molecular flexibility index (Phi) is 7.62. The molecule has 38 heavy (non-hydrogen) atoms. The van der Waals surface area contributed by atoms with Gasteiger partial charge in [0.1, 0.15) is 12.1 Å². The van der Waals surface area contributed by atoms with Gasteiger partial charge in [-0.05, 0) is 41.8 Å². The third kappa shape index (κ3) is 5.22. The fraction of sp³-hybridized carbons (Fsp3) is 0.391. The van der Waals surface area contributed by atoms with E-state index in [0.717, 1.165) is 11.2 Å². The first kappa shape index (κ1) is 29.4. The number of anilines is 1. The van der Waals surface area contributed by atoms with Crippen LogP contribution in [0, 0.1) is 0 Å². The number of sulfone groups is 1. The van der Waals surface area contributed by atoms with Gasteiger partial charge in [-0.25, -0.2) is 8.42 Å². The molecule has 0 aromatic heterocycles. The second-order valence-corrected chi connectivity index (χ2v) is 10.7. The summed E-state index contributed by atoms with van der Waals surface area (Å²) in [5.41, 5.74) is -6.43. The van der Waals surface area contributed by atoms with Gasteiger partial charge in [0, 0.05) is 24.1 Å². The minimum atomic E-state index is -6.09. The number of hydrogen-bond donors (Lipinski definition) is 3. The highest BCUT2D eigenvalue weighted by atomic mass is 32.2. The molecule has 2 atom stereocenters. The molecule has 8 nitrogen and oxygen atoms in total. The maximum Gasteiger partial charge on any atom is 0.430 e. The Hall–Kier alpha value is -3.17. The van der Waals surface area contributed by atoms with Crippen LogP contribution in [0.15, 0.2) is 47.4 Å². The summed E-state index contributed by atoms with van der Waals surface area (Å²) in [6, 6.07) is 4.51. The Bertz CT molecular complexity index is 1330. The molecule has 0 bridgehead atoms. The van der Waals surface area contributed by atoms with E-state index in [1.807, 2.05) is 0 Å². The van der Waals surface area contributed by atoms with Crippen LogP contribution in [0.5, 0.6) is 0 Å². The number of fused-ring (bicyclic) bond motifs is 1. The summed E-state index contributed by atoms with van der Waals surface area (Å²) in [5, 5.41) is 21.9. The highest BCUT2D eigenvalue weighted by Crippen LogP contribution is 2.50. The summed E-state index contributed by atoms with van der Waals surface area (Å²) in [5.74, 6) is -1.78. The molecule has 2 unspecified atom stereocenters. The fourth-order valence-corrected chi connectivity index (χ4v) is 4.68. The van der Waals surface area contributed by atoms with Gasteiger partial charge in [0.15, 0.2) is 9.84 Å². The van der Waals surface area contributed by atoms with Crippen LogP contribution in [-0.2, 0) is 31.6 Å². The molecule has 1 aliphatic heterocycles. The number of nitrogens with one attached hydrogen (secondary N) is 1. The van der Waals surface area contributed by atoms with Crippen molar-refractivity contribution < 1.29 is 54.6 Å². The largest absolute Gasteiger partial charge is 0.430 e. The molecule has 2 aromatic carbocycles. The summed E-state index contributed by atoms with van der Waals surface area (Å²) >= 11 is 0. The lowest BCUT2D eigenvalue weighted by Gasteiger charge is -2.32. The van der Waals surface area contributed by atoms with Gasteiger partial charge in [-0.15, -0.1) is 0 Å².